The lowest BCUT2D eigenvalue weighted by Crippen LogP contribution is -2.54. The molecule has 2 aliphatic heterocycles. The third kappa shape index (κ3) is 3.48. The van der Waals surface area contributed by atoms with Gasteiger partial charge in [0.2, 0.25) is 6.79 Å². The van der Waals surface area contributed by atoms with Crippen molar-refractivity contribution in [3.63, 3.8) is 0 Å². The van der Waals surface area contributed by atoms with Gasteiger partial charge < -0.3 is 24.3 Å². The maximum absolute atomic E-state index is 12.1. The summed E-state index contributed by atoms with van der Waals surface area (Å²) in [5.74, 6) is 2.36. The second-order valence-corrected chi connectivity index (χ2v) is 8.59. The molecule has 0 aromatic heterocycles. The largest absolute Gasteiger partial charge is 0.454 e. The summed E-state index contributed by atoms with van der Waals surface area (Å²) in [6.45, 7) is 10.5. The normalized spacial score (nSPS) is 32.5. The summed E-state index contributed by atoms with van der Waals surface area (Å²) < 4.78 is 23.1. The van der Waals surface area contributed by atoms with E-state index in [2.05, 4.69) is 38.2 Å². The van der Waals surface area contributed by atoms with Crippen LogP contribution in [0.5, 0.6) is 11.5 Å². The first-order valence-corrected chi connectivity index (χ1v) is 10.6. The van der Waals surface area contributed by atoms with Crippen LogP contribution in [0.3, 0.4) is 0 Å². The van der Waals surface area contributed by atoms with E-state index in [-0.39, 0.29) is 36.2 Å². The minimum Gasteiger partial charge on any atom is -0.454 e. The van der Waals surface area contributed by atoms with Crippen LogP contribution in [0.1, 0.15) is 45.8 Å². The molecular weight excluding hydrogens is 370 g/mol. The minimum absolute atomic E-state index is 0.0507. The summed E-state index contributed by atoms with van der Waals surface area (Å²) >= 11 is 0. The van der Waals surface area contributed by atoms with E-state index < -0.39 is 0 Å². The number of rotatable bonds is 5. The highest BCUT2D eigenvalue weighted by Crippen LogP contribution is 2.56. The molecular formula is C23H31NO5. The summed E-state index contributed by atoms with van der Waals surface area (Å²) in [5.41, 5.74) is 2.21. The van der Waals surface area contributed by atoms with E-state index in [0.29, 0.717) is 25.7 Å². The van der Waals surface area contributed by atoms with E-state index in [4.69, 9.17) is 18.9 Å². The zero-order chi connectivity index (χ0) is 20.6. The first-order chi connectivity index (χ1) is 14.0. The van der Waals surface area contributed by atoms with Crippen molar-refractivity contribution in [1.29, 1.82) is 0 Å². The highest BCUT2D eigenvalue weighted by atomic mass is 16.7. The van der Waals surface area contributed by atoms with Crippen LogP contribution in [0, 0.1) is 23.2 Å². The average Bonchev–Trinajstić information content (AvgIpc) is 3.17. The number of fused-ring (bicyclic) bond motifs is 3. The van der Waals surface area contributed by atoms with Crippen LogP contribution >= 0.6 is 0 Å². The number of hydrogen-bond donors (Lipinski definition) is 1. The predicted octanol–water partition coefficient (Wildman–Crippen LogP) is 4.46. The summed E-state index contributed by atoms with van der Waals surface area (Å²) in [6.07, 6.45) is 2.82. The summed E-state index contributed by atoms with van der Waals surface area (Å²) in [4.78, 5) is 12.1. The van der Waals surface area contributed by atoms with Crippen molar-refractivity contribution in [3.05, 3.63) is 35.4 Å². The second kappa shape index (κ2) is 7.90. The van der Waals surface area contributed by atoms with Gasteiger partial charge in [0, 0.05) is 17.9 Å². The van der Waals surface area contributed by atoms with Gasteiger partial charge >= 0.3 is 6.09 Å². The minimum atomic E-state index is -0.346. The Morgan fingerprint density at radius 2 is 2.07 bits per heavy atom. The number of alkyl carbamates (subject to hydrolysis) is 1. The van der Waals surface area contributed by atoms with Crippen LogP contribution < -0.4 is 14.8 Å². The molecule has 2 bridgehead atoms. The number of carbonyl (C=O) groups excluding carboxylic acids is 1. The fraction of sp³-hybridized carbons (Fsp3) is 0.609. The van der Waals surface area contributed by atoms with Crippen molar-refractivity contribution in [2.75, 3.05) is 26.6 Å². The van der Waals surface area contributed by atoms with E-state index in [9.17, 15) is 4.79 Å². The molecule has 0 radical (unpaired) electrons. The van der Waals surface area contributed by atoms with E-state index >= 15 is 0 Å². The molecule has 6 heteroatoms. The van der Waals surface area contributed by atoms with Gasteiger partial charge in [0.25, 0.3) is 0 Å². The quantitative estimate of drug-likeness (QED) is 0.738. The monoisotopic (exact) mass is 401 g/mol. The topological polar surface area (TPSA) is 66.0 Å². The molecule has 1 saturated heterocycles. The van der Waals surface area contributed by atoms with Gasteiger partial charge in [-0.05, 0) is 42.9 Å². The first-order valence-electron chi connectivity index (χ1n) is 10.6. The van der Waals surface area contributed by atoms with Crippen molar-refractivity contribution in [1.82, 2.24) is 5.32 Å². The van der Waals surface area contributed by atoms with E-state index in [1.165, 1.54) is 5.57 Å². The van der Waals surface area contributed by atoms with Crippen LogP contribution in [0.15, 0.2) is 29.8 Å². The second-order valence-electron chi connectivity index (χ2n) is 8.59. The summed E-state index contributed by atoms with van der Waals surface area (Å²) in [6, 6.07) is 6.06. The van der Waals surface area contributed by atoms with Crippen molar-refractivity contribution in [3.8, 4) is 11.5 Å². The van der Waals surface area contributed by atoms with Crippen LogP contribution in [0.2, 0.25) is 0 Å². The van der Waals surface area contributed by atoms with Gasteiger partial charge in [-0.25, -0.2) is 4.79 Å². The molecule has 4 rings (SSSR count). The number of carbonyl (C=O) groups is 1. The molecule has 6 nitrogen and oxygen atoms in total. The Morgan fingerprint density at radius 1 is 1.28 bits per heavy atom. The van der Waals surface area contributed by atoms with Crippen molar-refractivity contribution in [2.45, 2.75) is 40.2 Å². The highest BCUT2D eigenvalue weighted by molar-refractivity contribution is 5.67. The Hall–Kier alpha value is -2.21. The molecule has 2 heterocycles. The number of amides is 1. The Morgan fingerprint density at radius 3 is 2.86 bits per heavy atom. The smallest absolute Gasteiger partial charge is 0.407 e. The van der Waals surface area contributed by atoms with Gasteiger partial charge in [0.05, 0.1) is 12.7 Å². The number of hydrogen-bond acceptors (Lipinski definition) is 5. The maximum Gasteiger partial charge on any atom is 0.407 e. The van der Waals surface area contributed by atoms with Crippen molar-refractivity contribution in [2.24, 2.45) is 23.2 Å². The molecule has 1 aromatic carbocycles. The van der Waals surface area contributed by atoms with Gasteiger partial charge in [-0.1, -0.05) is 38.5 Å². The predicted molar refractivity (Wildman–Crippen MR) is 109 cm³/mol. The van der Waals surface area contributed by atoms with Gasteiger partial charge in [-0.15, -0.1) is 0 Å². The first kappa shape index (κ1) is 20.1. The Kier molecular flexibility index (Phi) is 5.47. The lowest BCUT2D eigenvalue weighted by Gasteiger charge is -2.55. The number of ether oxygens (including phenoxy) is 4. The zero-order valence-corrected chi connectivity index (χ0v) is 17.7. The maximum atomic E-state index is 12.1. The summed E-state index contributed by atoms with van der Waals surface area (Å²) in [5, 5.41) is 2.80. The molecule has 1 aromatic rings. The Bertz CT molecular complexity index is 806. The number of benzene rings is 1. The molecule has 5 atom stereocenters. The van der Waals surface area contributed by atoms with Gasteiger partial charge in [-0.2, -0.15) is 0 Å². The van der Waals surface area contributed by atoms with E-state index in [1.54, 1.807) is 0 Å². The molecule has 3 aliphatic rings. The van der Waals surface area contributed by atoms with Crippen LogP contribution in [-0.4, -0.2) is 32.6 Å². The van der Waals surface area contributed by atoms with E-state index in [1.807, 2.05) is 19.1 Å². The lowest BCUT2D eigenvalue weighted by molar-refractivity contribution is -0.165. The molecule has 158 valence electrons. The van der Waals surface area contributed by atoms with Gasteiger partial charge in [-0.3, -0.25) is 0 Å². The highest BCUT2D eigenvalue weighted by Gasteiger charge is 2.54. The number of allylic oxidation sites excluding steroid dienone is 1. The molecule has 1 amide bonds. The fourth-order valence-corrected chi connectivity index (χ4v) is 5.13. The molecule has 1 N–H and O–H groups in total. The Labute approximate surface area is 172 Å². The summed E-state index contributed by atoms with van der Waals surface area (Å²) in [7, 11) is 0. The molecule has 0 unspecified atom stereocenters. The molecule has 0 saturated carbocycles. The van der Waals surface area contributed by atoms with Crippen molar-refractivity contribution < 1.29 is 23.7 Å². The van der Waals surface area contributed by atoms with Gasteiger partial charge in [0.15, 0.2) is 11.5 Å². The molecule has 0 spiro atoms. The average molecular weight is 402 g/mol. The van der Waals surface area contributed by atoms with E-state index in [0.717, 1.165) is 23.5 Å². The van der Waals surface area contributed by atoms with Crippen LogP contribution in [0.4, 0.5) is 4.79 Å². The van der Waals surface area contributed by atoms with Crippen LogP contribution in [0.25, 0.3) is 0 Å². The Balaban J connectivity index is 1.57. The molecule has 1 fully saturated rings. The fourth-order valence-electron chi connectivity index (χ4n) is 5.13. The third-order valence-electron chi connectivity index (χ3n) is 6.97. The van der Waals surface area contributed by atoms with Crippen LogP contribution in [-0.2, 0) is 9.47 Å². The molecule has 1 aliphatic carbocycles. The lowest BCUT2D eigenvalue weighted by atomic mass is 9.56. The van der Waals surface area contributed by atoms with Gasteiger partial charge in [0.1, 0.15) is 6.61 Å². The zero-order valence-electron chi connectivity index (χ0n) is 17.7. The number of nitrogens with one attached hydrogen (secondary N) is 1. The standard InChI is InChI=1S/C23H31NO5/c1-5-8-24-22(25)27-12-23-11-26-21(20(16(23)4)14(2)9-15(23)3)17-6-7-18-19(10-17)29-13-28-18/h6-7,9-10,15-16,20-21H,5,8,11-13H2,1-4H3,(H,24,25)/t15-,16-,20-,21+,23-/m0/s1. The SMILES string of the molecule is CCCNC(=O)OC[C@@]12CO[C@H](c3ccc4c(c3)OCO4)[C@@H](C(C)=C[C@@H]1C)[C@@H]2C. The third-order valence-corrected chi connectivity index (χ3v) is 6.97. The van der Waals surface area contributed by atoms with Crippen molar-refractivity contribution >= 4 is 6.09 Å². The molecule has 29 heavy (non-hydrogen) atoms.